The molecule has 0 radical (unpaired) electrons. The Labute approximate surface area is 136 Å². The van der Waals surface area contributed by atoms with Crippen molar-refractivity contribution in [2.45, 2.75) is 45.6 Å². The van der Waals surface area contributed by atoms with E-state index in [1.54, 1.807) is 18.2 Å². The van der Waals surface area contributed by atoms with Gasteiger partial charge in [-0.2, -0.15) is 0 Å². The summed E-state index contributed by atoms with van der Waals surface area (Å²) in [5, 5.41) is 8.14. The molecule has 0 saturated heterocycles. The lowest BCUT2D eigenvalue weighted by atomic mass is 9.77. The molecule has 2 rings (SSSR count). The highest BCUT2D eigenvalue weighted by molar-refractivity contribution is 5.99. The van der Waals surface area contributed by atoms with Crippen LogP contribution in [0.15, 0.2) is 18.2 Å². The van der Waals surface area contributed by atoms with Crippen LogP contribution in [0, 0.1) is 0 Å². The van der Waals surface area contributed by atoms with Crippen LogP contribution in [0.3, 0.4) is 0 Å². The van der Waals surface area contributed by atoms with E-state index in [2.05, 4.69) is 16.0 Å². The van der Waals surface area contributed by atoms with E-state index in [-0.39, 0.29) is 35.7 Å². The first-order valence-corrected chi connectivity index (χ1v) is 7.71. The molecule has 1 aliphatic heterocycles. The maximum Gasteiger partial charge on any atom is 0.251 e. The van der Waals surface area contributed by atoms with E-state index in [0.717, 1.165) is 11.3 Å². The minimum absolute atomic E-state index is 0.0231. The first kappa shape index (κ1) is 17.0. The fraction of sp³-hybridized carbons (Fsp3) is 0.471. The Morgan fingerprint density at radius 1 is 1.30 bits per heavy atom. The van der Waals surface area contributed by atoms with Crippen molar-refractivity contribution < 1.29 is 14.4 Å². The van der Waals surface area contributed by atoms with E-state index in [1.165, 1.54) is 0 Å². The number of hydrogen-bond acceptors (Lipinski definition) is 3. The molecule has 0 aromatic heterocycles. The molecule has 124 valence electrons. The lowest BCUT2D eigenvalue weighted by molar-refractivity contribution is -0.120. The SMILES string of the molecule is CC(C)NC(=O)CNC(=O)c1ccc2c(c1)C(C)(C)CC(=O)N2. The van der Waals surface area contributed by atoms with E-state index >= 15 is 0 Å². The molecule has 1 aliphatic rings. The van der Waals surface area contributed by atoms with Gasteiger partial charge in [0.15, 0.2) is 0 Å². The van der Waals surface area contributed by atoms with Crippen LogP contribution in [0.1, 0.15) is 50.0 Å². The van der Waals surface area contributed by atoms with Crippen molar-refractivity contribution in [2.75, 3.05) is 11.9 Å². The Morgan fingerprint density at radius 2 is 2.00 bits per heavy atom. The number of nitrogens with one attached hydrogen (secondary N) is 3. The van der Waals surface area contributed by atoms with Crippen molar-refractivity contribution in [2.24, 2.45) is 0 Å². The van der Waals surface area contributed by atoms with E-state index in [9.17, 15) is 14.4 Å². The zero-order valence-corrected chi connectivity index (χ0v) is 13.9. The summed E-state index contributed by atoms with van der Waals surface area (Å²) in [5.41, 5.74) is 1.81. The van der Waals surface area contributed by atoms with Gasteiger partial charge in [-0.05, 0) is 37.6 Å². The molecule has 1 aromatic carbocycles. The van der Waals surface area contributed by atoms with Crippen LogP contribution in [0.4, 0.5) is 5.69 Å². The van der Waals surface area contributed by atoms with E-state index in [4.69, 9.17) is 0 Å². The first-order chi connectivity index (χ1) is 10.7. The summed E-state index contributed by atoms with van der Waals surface area (Å²) in [6.07, 6.45) is 0.377. The van der Waals surface area contributed by atoms with Gasteiger partial charge in [-0.15, -0.1) is 0 Å². The summed E-state index contributed by atoms with van der Waals surface area (Å²) in [6, 6.07) is 5.20. The van der Waals surface area contributed by atoms with Crippen molar-refractivity contribution in [1.29, 1.82) is 0 Å². The molecule has 0 saturated carbocycles. The molecule has 3 amide bonds. The van der Waals surface area contributed by atoms with Crippen LogP contribution in [0.5, 0.6) is 0 Å². The molecule has 0 fully saturated rings. The van der Waals surface area contributed by atoms with Gasteiger partial charge in [0.05, 0.1) is 6.54 Å². The van der Waals surface area contributed by atoms with Gasteiger partial charge >= 0.3 is 0 Å². The second kappa shape index (κ2) is 6.40. The fourth-order valence-corrected chi connectivity index (χ4v) is 2.68. The lowest BCUT2D eigenvalue weighted by Gasteiger charge is -2.32. The molecule has 0 unspecified atom stereocenters. The van der Waals surface area contributed by atoms with E-state index in [0.29, 0.717) is 12.0 Å². The summed E-state index contributed by atoms with van der Waals surface area (Å²) < 4.78 is 0. The van der Waals surface area contributed by atoms with Crippen LogP contribution in [0.2, 0.25) is 0 Å². The summed E-state index contributed by atoms with van der Waals surface area (Å²) in [7, 11) is 0. The topological polar surface area (TPSA) is 87.3 Å². The number of rotatable bonds is 4. The third-order valence-electron chi connectivity index (χ3n) is 3.75. The van der Waals surface area contributed by atoms with Gasteiger partial charge in [0, 0.05) is 29.1 Å². The van der Waals surface area contributed by atoms with Crippen LogP contribution in [-0.2, 0) is 15.0 Å². The van der Waals surface area contributed by atoms with E-state index in [1.807, 2.05) is 27.7 Å². The normalized spacial score (nSPS) is 15.6. The van der Waals surface area contributed by atoms with Crippen molar-refractivity contribution in [1.82, 2.24) is 10.6 Å². The number of amides is 3. The average molecular weight is 317 g/mol. The largest absolute Gasteiger partial charge is 0.352 e. The lowest BCUT2D eigenvalue weighted by Crippen LogP contribution is -2.40. The van der Waals surface area contributed by atoms with Gasteiger partial charge in [-0.25, -0.2) is 0 Å². The molecule has 6 nitrogen and oxygen atoms in total. The van der Waals surface area contributed by atoms with Gasteiger partial charge in [-0.1, -0.05) is 13.8 Å². The monoisotopic (exact) mass is 317 g/mol. The molecule has 0 aliphatic carbocycles. The quantitative estimate of drug-likeness (QED) is 0.787. The third kappa shape index (κ3) is 4.09. The summed E-state index contributed by atoms with van der Waals surface area (Å²) in [5.74, 6) is -0.552. The van der Waals surface area contributed by atoms with Crippen LogP contribution in [0.25, 0.3) is 0 Å². The Balaban J connectivity index is 2.11. The van der Waals surface area contributed by atoms with Crippen LogP contribution < -0.4 is 16.0 Å². The maximum atomic E-state index is 12.2. The molecular weight excluding hydrogens is 294 g/mol. The zero-order valence-electron chi connectivity index (χ0n) is 13.9. The highest BCUT2D eigenvalue weighted by Gasteiger charge is 2.32. The number of fused-ring (bicyclic) bond motifs is 1. The standard InChI is InChI=1S/C17H23N3O3/c1-10(2)19-15(22)9-18-16(23)11-5-6-13-12(7-11)17(3,4)8-14(21)20-13/h5-7,10H,8-9H2,1-4H3,(H,18,23)(H,19,22)(H,20,21). The summed E-state index contributed by atoms with van der Waals surface area (Å²) >= 11 is 0. The Hall–Kier alpha value is -2.37. The van der Waals surface area contributed by atoms with Crippen molar-refractivity contribution in [3.05, 3.63) is 29.3 Å². The minimum atomic E-state index is -0.330. The fourth-order valence-electron chi connectivity index (χ4n) is 2.68. The van der Waals surface area contributed by atoms with Crippen molar-refractivity contribution in [3.63, 3.8) is 0 Å². The number of anilines is 1. The van der Waals surface area contributed by atoms with Gasteiger partial charge in [0.25, 0.3) is 5.91 Å². The minimum Gasteiger partial charge on any atom is -0.352 e. The smallest absolute Gasteiger partial charge is 0.251 e. The molecule has 1 heterocycles. The highest BCUT2D eigenvalue weighted by atomic mass is 16.2. The van der Waals surface area contributed by atoms with Crippen LogP contribution >= 0.6 is 0 Å². The second-order valence-electron chi connectivity index (χ2n) is 6.77. The molecule has 0 spiro atoms. The second-order valence-corrected chi connectivity index (χ2v) is 6.77. The molecule has 3 N–H and O–H groups in total. The first-order valence-electron chi connectivity index (χ1n) is 7.71. The summed E-state index contributed by atoms with van der Waals surface area (Å²) in [6.45, 7) is 7.61. The maximum absolute atomic E-state index is 12.2. The van der Waals surface area contributed by atoms with Crippen molar-refractivity contribution >= 4 is 23.4 Å². The zero-order chi connectivity index (χ0) is 17.2. The molecule has 1 aromatic rings. The predicted molar refractivity (Wildman–Crippen MR) is 88.3 cm³/mol. The number of carbonyl (C=O) groups excluding carboxylic acids is 3. The molecule has 6 heteroatoms. The molecule has 0 bridgehead atoms. The number of benzene rings is 1. The van der Waals surface area contributed by atoms with Gasteiger partial charge in [0.2, 0.25) is 11.8 Å². The molecule has 0 atom stereocenters. The molecule has 23 heavy (non-hydrogen) atoms. The molecular formula is C17H23N3O3. The van der Waals surface area contributed by atoms with E-state index < -0.39 is 0 Å². The third-order valence-corrected chi connectivity index (χ3v) is 3.75. The number of hydrogen-bond donors (Lipinski definition) is 3. The average Bonchev–Trinajstić information content (AvgIpc) is 2.42. The Bertz CT molecular complexity index is 650. The van der Waals surface area contributed by atoms with Crippen LogP contribution in [-0.4, -0.2) is 30.3 Å². The Morgan fingerprint density at radius 3 is 2.65 bits per heavy atom. The number of carbonyl (C=O) groups is 3. The highest BCUT2D eigenvalue weighted by Crippen LogP contribution is 2.37. The summed E-state index contributed by atoms with van der Waals surface area (Å²) in [4.78, 5) is 35.5. The van der Waals surface area contributed by atoms with Gasteiger partial charge in [0.1, 0.15) is 0 Å². The van der Waals surface area contributed by atoms with Crippen molar-refractivity contribution in [3.8, 4) is 0 Å². The van der Waals surface area contributed by atoms with Gasteiger partial charge < -0.3 is 16.0 Å². The predicted octanol–water partition coefficient (Wildman–Crippen LogP) is 1.56. The van der Waals surface area contributed by atoms with Gasteiger partial charge in [-0.3, -0.25) is 14.4 Å². The Kier molecular flexibility index (Phi) is 4.73.